The molecular weight excluding hydrogens is 249 g/mol. The van der Waals surface area contributed by atoms with Gasteiger partial charge in [-0.05, 0) is 12.1 Å². The van der Waals surface area contributed by atoms with E-state index in [4.69, 9.17) is 11.6 Å². The van der Waals surface area contributed by atoms with Gasteiger partial charge in [-0.2, -0.15) is 0 Å². The van der Waals surface area contributed by atoms with Crippen LogP contribution in [0.2, 0.25) is 5.02 Å². The van der Waals surface area contributed by atoms with Crippen LogP contribution in [0.3, 0.4) is 0 Å². The largest absolute Gasteiger partial charge is 0.303 e. The highest BCUT2D eigenvalue weighted by Gasteiger charge is 2.30. The summed E-state index contributed by atoms with van der Waals surface area (Å²) in [6.07, 6.45) is 0. The van der Waals surface area contributed by atoms with Gasteiger partial charge < -0.3 is 4.90 Å². The number of hydrogen-bond donors (Lipinski definition) is 1. The molecule has 1 amide bonds. The average Bonchev–Trinajstić information content (AvgIpc) is 2.59. The molecule has 2 aliphatic rings. The van der Waals surface area contributed by atoms with Crippen LogP contribution in [-0.4, -0.2) is 18.4 Å². The van der Waals surface area contributed by atoms with Crippen molar-refractivity contribution < 1.29 is 4.79 Å². The molecule has 1 fully saturated rings. The number of benzene rings is 1. The van der Waals surface area contributed by atoms with Gasteiger partial charge in [0.1, 0.15) is 6.54 Å². The summed E-state index contributed by atoms with van der Waals surface area (Å²) in [5.41, 5.74) is 1.96. The molecule has 6 heteroatoms. The van der Waals surface area contributed by atoms with Crippen LogP contribution in [0.4, 0.5) is 5.69 Å². The summed E-state index contributed by atoms with van der Waals surface area (Å²) in [5.74, 6) is 0.608. The molecule has 4 nitrogen and oxygen atoms in total. The van der Waals surface area contributed by atoms with Crippen LogP contribution >= 0.6 is 24.0 Å². The van der Waals surface area contributed by atoms with Gasteiger partial charge >= 0.3 is 0 Å². The highest BCUT2D eigenvalue weighted by molar-refractivity contribution is 6.32. The SMILES string of the molecule is Cl.O=C1CN2C(=NCc3c(Cl)cccc32)N1. The summed E-state index contributed by atoms with van der Waals surface area (Å²) in [4.78, 5) is 17.4. The molecule has 84 valence electrons. The van der Waals surface area contributed by atoms with Gasteiger partial charge in [-0.3, -0.25) is 10.1 Å². The topological polar surface area (TPSA) is 44.7 Å². The highest BCUT2D eigenvalue weighted by atomic mass is 35.5. The Labute approximate surface area is 104 Å². The first-order valence-electron chi connectivity index (χ1n) is 4.65. The summed E-state index contributed by atoms with van der Waals surface area (Å²) in [6, 6.07) is 5.68. The Morgan fingerprint density at radius 1 is 1.44 bits per heavy atom. The van der Waals surface area contributed by atoms with Crippen molar-refractivity contribution in [1.29, 1.82) is 0 Å². The lowest BCUT2D eigenvalue weighted by Gasteiger charge is -2.24. The lowest BCUT2D eigenvalue weighted by atomic mass is 10.1. The van der Waals surface area contributed by atoms with Crippen LogP contribution in [0.15, 0.2) is 23.2 Å². The Kier molecular flexibility index (Phi) is 2.78. The third-order valence-corrected chi connectivity index (χ3v) is 2.93. The van der Waals surface area contributed by atoms with Gasteiger partial charge in [0.05, 0.1) is 12.2 Å². The summed E-state index contributed by atoms with van der Waals surface area (Å²) < 4.78 is 0. The minimum atomic E-state index is -0.0263. The number of rotatable bonds is 0. The smallest absolute Gasteiger partial charge is 0.246 e. The molecule has 0 bridgehead atoms. The molecule has 0 aromatic heterocycles. The van der Waals surface area contributed by atoms with Crippen molar-refractivity contribution in [2.75, 3.05) is 11.4 Å². The molecular formula is C10H9Cl2N3O. The van der Waals surface area contributed by atoms with Gasteiger partial charge in [0, 0.05) is 10.6 Å². The predicted octanol–water partition coefficient (Wildman–Crippen LogP) is 1.57. The second-order valence-corrected chi connectivity index (χ2v) is 3.92. The maximum absolute atomic E-state index is 11.2. The summed E-state index contributed by atoms with van der Waals surface area (Å²) in [6.45, 7) is 0.854. The van der Waals surface area contributed by atoms with E-state index in [0.717, 1.165) is 11.3 Å². The van der Waals surface area contributed by atoms with E-state index in [1.54, 1.807) is 0 Å². The summed E-state index contributed by atoms with van der Waals surface area (Å²) >= 11 is 6.07. The molecule has 1 aromatic carbocycles. The number of guanidine groups is 1. The quantitative estimate of drug-likeness (QED) is 0.767. The van der Waals surface area contributed by atoms with Gasteiger partial charge in [-0.1, -0.05) is 17.7 Å². The highest BCUT2D eigenvalue weighted by Crippen LogP contribution is 2.32. The molecule has 0 saturated carbocycles. The number of anilines is 1. The molecule has 16 heavy (non-hydrogen) atoms. The number of carbonyl (C=O) groups excluding carboxylic acids is 1. The van der Waals surface area contributed by atoms with Crippen molar-refractivity contribution in [1.82, 2.24) is 5.32 Å². The van der Waals surface area contributed by atoms with Crippen molar-refractivity contribution in [3.63, 3.8) is 0 Å². The Morgan fingerprint density at radius 3 is 3.06 bits per heavy atom. The molecule has 1 N–H and O–H groups in total. The number of halogens is 2. The molecule has 0 spiro atoms. The first-order valence-corrected chi connectivity index (χ1v) is 5.03. The molecule has 0 radical (unpaired) electrons. The standard InChI is InChI=1S/C10H8ClN3O.ClH/c11-7-2-1-3-8-6(7)4-12-10-13-9(15)5-14(8)10;/h1-3H,4-5H2,(H,12,13,15);1H. The first-order chi connectivity index (χ1) is 7.25. The number of nitrogens with one attached hydrogen (secondary N) is 1. The second kappa shape index (κ2) is 3.96. The molecule has 0 aliphatic carbocycles. The number of fused-ring (bicyclic) bond motifs is 3. The Balaban J connectivity index is 0.000000963. The lowest BCUT2D eigenvalue weighted by molar-refractivity contribution is -0.117. The van der Waals surface area contributed by atoms with Gasteiger partial charge in [0.25, 0.3) is 0 Å². The zero-order chi connectivity index (χ0) is 10.4. The van der Waals surface area contributed by atoms with E-state index in [2.05, 4.69) is 10.3 Å². The van der Waals surface area contributed by atoms with Crippen LogP contribution in [-0.2, 0) is 11.3 Å². The lowest BCUT2D eigenvalue weighted by Crippen LogP contribution is -2.33. The molecule has 0 unspecified atom stereocenters. The number of amides is 1. The fourth-order valence-electron chi connectivity index (χ4n) is 1.88. The molecule has 0 atom stereocenters. The second-order valence-electron chi connectivity index (χ2n) is 3.51. The molecule has 1 saturated heterocycles. The van der Waals surface area contributed by atoms with Gasteiger partial charge in [-0.25, -0.2) is 4.99 Å². The summed E-state index contributed by atoms with van der Waals surface area (Å²) in [5, 5.41) is 3.41. The van der Waals surface area contributed by atoms with E-state index < -0.39 is 0 Å². The Bertz CT molecular complexity index is 487. The van der Waals surface area contributed by atoms with Crippen molar-refractivity contribution in [2.24, 2.45) is 4.99 Å². The van der Waals surface area contributed by atoms with E-state index in [9.17, 15) is 4.79 Å². The van der Waals surface area contributed by atoms with Crippen molar-refractivity contribution in [2.45, 2.75) is 6.54 Å². The Morgan fingerprint density at radius 2 is 2.25 bits per heavy atom. The van der Waals surface area contributed by atoms with Gasteiger partial charge in [0.15, 0.2) is 0 Å². The minimum absolute atomic E-state index is 0. The third kappa shape index (κ3) is 1.54. The summed E-state index contributed by atoms with van der Waals surface area (Å²) in [7, 11) is 0. The zero-order valence-corrected chi connectivity index (χ0v) is 9.81. The number of nitrogens with zero attached hydrogens (tertiary/aromatic N) is 2. The van der Waals surface area contributed by atoms with Crippen molar-refractivity contribution >= 4 is 41.6 Å². The maximum atomic E-state index is 11.2. The fourth-order valence-corrected chi connectivity index (χ4v) is 2.11. The molecule has 3 rings (SSSR count). The van der Waals surface area contributed by atoms with Crippen LogP contribution < -0.4 is 10.2 Å². The molecule has 1 aromatic rings. The normalized spacial score (nSPS) is 16.9. The van der Waals surface area contributed by atoms with Crippen LogP contribution in [0, 0.1) is 0 Å². The van der Waals surface area contributed by atoms with E-state index in [1.807, 2.05) is 23.1 Å². The van der Waals surface area contributed by atoms with E-state index >= 15 is 0 Å². The maximum Gasteiger partial charge on any atom is 0.246 e. The van der Waals surface area contributed by atoms with Crippen LogP contribution in [0.1, 0.15) is 5.56 Å². The predicted molar refractivity (Wildman–Crippen MR) is 65.3 cm³/mol. The first kappa shape index (κ1) is 11.2. The van der Waals surface area contributed by atoms with Gasteiger partial charge in [-0.15, -0.1) is 12.4 Å². The monoisotopic (exact) mass is 257 g/mol. The molecule has 2 aliphatic heterocycles. The van der Waals surface area contributed by atoms with E-state index in [0.29, 0.717) is 24.1 Å². The Hall–Kier alpha value is -1.26. The minimum Gasteiger partial charge on any atom is -0.303 e. The van der Waals surface area contributed by atoms with Crippen molar-refractivity contribution in [3.05, 3.63) is 28.8 Å². The average molecular weight is 258 g/mol. The van der Waals surface area contributed by atoms with E-state index in [1.165, 1.54) is 0 Å². The van der Waals surface area contributed by atoms with Gasteiger partial charge in [0.2, 0.25) is 11.9 Å². The molecule has 2 heterocycles. The number of aliphatic imine (C=N–C) groups is 1. The fraction of sp³-hybridized carbons (Fsp3) is 0.200. The third-order valence-electron chi connectivity index (χ3n) is 2.58. The van der Waals surface area contributed by atoms with E-state index in [-0.39, 0.29) is 18.3 Å². The van der Waals surface area contributed by atoms with Crippen LogP contribution in [0.25, 0.3) is 0 Å². The number of carbonyl (C=O) groups is 1. The zero-order valence-electron chi connectivity index (χ0n) is 8.24. The van der Waals surface area contributed by atoms with Crippen molar-refractivity contribution in [3.8, 4) is 0 Å². The van der Waals surface area contributed by atoms with Crippen LogP contribution in [0.5, 0.6) is 0 Å². The number of hydrogen-bond acceptors (Lipinski definition) is 3.